The summed E-state index contributed by atoms with van der Waals surface area (Å²) in [4.78, 5) is 0. The fraction of sp³-hybridized carbons (Fsp3) is 0.500. The third-order valence-corrected chi connectivity index (χ3v) is 3.33. The van der Waals surface area contributed by atoms with Gasteiger partial charge in [-0.15, -0.1) is 0 Å². The standard InChI is InChI=1S/C12H15ClFNO/c13-9-1-2-11(14)10(7-9)12(15)8-3-5-16-6-4-8/h1-2,7-8,12H,3-6,15H2. The highest BCUT2D eigenvalue weighted by molar-refractivity contribution is 6.30. The second kappa shape index (κ2) is 5.13. The second-order valence-corrected chi connectivity index (χ2v) is 4.58. The summed E-state index contributed by atoms with van der Waals surface area (Å²) in [7, 11) is 0. The minimum Gasteiger partial charge on any atom is -0.381 e. The van der Waals surface area contributed by atoms with Crippen molar-refractivity contribution in [2.75, 3.05) is 13.2 Å². The van der Waals surface area contributed by atoms with Crippen molar-refractivity contribution in [1.29, 1.82) is 0 Å². The third-order valence-electron chi connectivity index (χ3n) is 3.09. The molecule has 1 unspecified atom stereocenters. The van der Waals surface area contributed by atoms with E-state index in [4.69, 9.17) is 22.1 Å². The molecule has 4 heteroatoms. The Morgan fingerprint density at radius 2 is 2.06 bits per heavy atom. The summed E-state index contributed by atoms with van der Waals surface area (Å²) in [6.07, 6.45) is 1.76. The number of ether oxygens (including phenoxy) is 1. The number of nitrogens with two attached hydrogens (primary N) is 1. The lowest BCUT2D eigenvalue weighted by molar-refractivity contribution is 0.0580. The summed E-state index contributed by atoms with van der Waals surface area (Å²) >= 11 is 5.85. The van der Waals surface area contributed by atoms with E-state index < -0.39 is 0 Å². The Bertz CT molecular complexity index is 366. The minimum atomic E-state index is -0.289. The predicted octanol–water partition coefficient (Wildman–Crippen LogP) is 2.91. The lowest BCUT2D eigenvalue weighted by atomic mass is 9.87. The number of halogens is 2. The fourth-order valence-electron chi connectivity index (χ4n) is 2.10. The Balaban J connectivity index is 2.18. The first-order valence-corrected chi connectivity index (χ1v) is 5.84. The molecule has 1 aromatic rings. The van der Waals surface area contributed by atoms with E-state index in [9.17, 15) is 4.39 Å². The molecule has 2 nitrogen and oxygen atoms in total. The molecule has 88 valence electrons. The van der Waals surface area contributed by atoms with E-state index in [-0.39, 0.29) is 17.8 Å². The van der Waals surface area contributed by atoms with Crippen molar-refractivity contribution in [3.63, 3.8) is 0 Å². The number of rotatable bonds is 2. The fourth-order valence-corrected chi connectivity index (χ4v) is 2.28. The topological polar surface area (TPSA) is 35.2 Å². The minimum absolute atomic E-state index is 0.275. The summed E-state index contributed by atoms with van der Waals surface area (Å²) in [6, 6.07) is 4.24. The molecule has 1 fully saturated rings. The Labute approximate surface area is 99.5 Å². The molecule has 2 N–H and O–H groups in total. The van der Waals surface area contributed by atoms with Crippen molar-refractivity contribution < 1.29 is 9.13 Å². The lowest BCUT2D eigenvalue weighted by Gasteiger charge is -2.28. The molecule has 0 saturated carbocycles. The first-order valence-electron chi connectivity index (χ1n) is 5.47. The highest BCUT2D eigenvalue weighted by Gasteiger charge is 2.24. The Hall–Kier alpha value is -0.640. The molecule has 1 saturated heterocycles. The summed E-state index contributed by atoms with van der Waals surface area (Å²) in [6.45, 7) is 1.42. The first kappa shape index (κ1) is 11.8. The van der Waals surface area contributed by atoms with Crippen molar-refractivity contribution >= 4 is 11.6 Å². The summed E-state index contributed by atoms with van der Waals surface area (Å²) in [5.74, 6) is 0.00473. The van der Waals surface area contributed by atoms with Gasteiger partial charge in [-0.3, -0.25) is 0 Å². The SMILES string of the molecule is NC(c1cc(Cl)ccc1F)C1CCOCC1. The maximum Gasteiger partial charge on any atom is 0.128 e. The van der Waals surface area contributed by atoms with Crippen molar-refractivity contribution in [1.82, 2.24) is 0 Å². The largest absolute Gasteiger partial charge is 0.381 e. The monoisotopic (exact) mass is 243 g/mol. The van der Waals surface area contributed by atoms with Gasteiger partial charge in [-0.2, -0.15) is 0 Å². The van der Waals surface area contributed by atoms with Crippen LogP contribution in [0.4, 0.5) is 4.39 Å². The predicted molar refractivity (Wildman–Crippen MR) is 61.9 cm³/mol. The Morgan fingerprint density at radius 3 is 2.75 bits per heavy atom. The van der Waals surface area contributed by atoms with Crippen molar-refractivity contribution in [2.45, 2.75) is 18.9 Å². The molecule has 1 heterocycles. The zero-order valence-corrected chi connectivity index (χ0v) is 9.71. The van der Waals surface area contributed by atoms with Crippen LogP contribution in [0.25, 0.3) is 0 Å². The average Bonchev–Trinajstić information content (AvgIpc) is 2.32. The summed E-state index contributed by atoms with van der Waals surface area (Å²) in [5.41, 5.74) is 6.60. The molecular weight excluding hydrogens is 229 g/mol. The molecule has 0 amide bonds. The second-order valence-electron chi connectivity index (χ2n) is 4.14. The quantitative estimate of drug-likeness (QED) is 0.867. The molecule has 1 aliphatic rings. The molecule has 0 radical (unpaired) electrons. The normalized spacial score (nSPS) is 19.7. The van der Waals surface area contributed by atoms with Gasteiger partial charge in [0.2, 0.25) is 0 Å². The van der Waals surface area contributed by atoms with Crippen LogP contribution in [-0.4, -0.2) is 13.2 Å². The first-order chi connectivity index (χ1) is 7.68. The van der Waals surface area contributed by atoms with Crippen LogP contribution in [0.2, 0.25) is 5.02 Å². The Morgan fingerprint density at radius 1 is 1.38 bits per heavy atom. The molecule has 1 aliphatic heterocycles. The van der Waals surface area contributed by atoms with Gasteiger partial charge in [0, 0.05) is 29.8 Å². The van der Waals surface area contributed by atoms with E-state index in [1.165, 1.54) is 12.1 Å². The number of hydrogen-bond acceptors (Lipinski definition) is 2. The third kappa shape index (κ3) is 2.54. The van der Waals surface area contributed by atoms with Gasteiger partial charge in [0.25, 0.3) is 0 Å². The lowest BCUT2D eigenvalue weighted by Crippen LogP contribution is -2.28. The van der Waals surface area contributed by atoms with Crippen LogP contribution in [0.1, 0.15) is 24.4 Å². The zero-order chi connectivity index (χ0) is 11.5. The van der Waals surface area contributed by atoms with E-state index >= 15 is 0 Å². The number of benzene rings is 1. The smallest absolute Gasteiger partial charge is 0.128 e. The van der Waals surface area contributed by atoms with Gasteiger partial charge in [-0.25, -0.2) is 4.39 Å². The molecule has 0 aromatic heterocycles. The van der Waals surface area contributed by atoms with Gasteiger partial charge < -0.3 is 10.5 Å². The molecule has 2 rings (SSSR count). The van der Waals surface area contributed by atoms with Crippen LogP contribution in [0.15, 0.2) is 18.2 Å². The van der Waals surface area contributed by atoms with Gasteiger partial charge in [0.1, 0.15) is 5.82 Å². The van der Waals surface area contributed by atoms with Crippen molar-refractivity contribution in [3.05, 3.63) is 34.6 Å². The average molecular weight is 244 g/mol. The van der Waals surface area contributed by atoms with Crippen molar-refractivity contribution in [2.24, 2.45) is 11.7 Å². The van der Waals surface area contributed by atoms with Crippen LogP contribution in [-0.2, 0) is 4.74 Å². The molecule has 0 aliphatic carbocycles. The van der Waals surface area contributed by atoms with Crippen LogP contribution in [0.3, 0.4) is 0 Å². The molecule has 0 spiro atoms. The molecule has 16 heavy (non-hydrogen) atoms. The van der Waals surface area contributed by atoms with Crippen LogP contribution < -0.4 is 5.73 Å². The highest BCUT2D eigenvalue weighted by atomic mass is 35.5. The van der Waals surface area contributed by atoms with E-state index in [0.717, 1.165) is 12.8 Å². The van der Waals surface area contributed by atoms with Gasteiger partial charge in [-0.05, 0) is 37.0 Å². The van der Waals surface area contributed by atoms with Crippen molar-refractivity contribution in [3.8, 4) is 0 Å². The summed E-state index contributed by atoms with van der Waals surface area (Å²) < 4.78 is 18.9. The van der Waals surface area contributed by atoms with Crippen LogP contribution in [0.5, 0.6) is 0 Å². The van der Waals surface area contributed by atoms with E-state index in [0.29, 0.717) is 23.8 Å². The maximum absolute atomic E-state index is 13.6. The molecular formula is C12H15ClFNO. The van der Waals surface area contributed by atoms with Gasteiger partial charge in [0.15, 0.2) is 0 Å². The summed E-state index contributed by atoms with van der Waals surface area (Å²) in [5, 5.41) is 0.527. The van der Waals surface area contributed by atoms with Gasteiger partial charge in [0.05, 0.1) is 0 Å². The van der Waals surface area contributed by atoms with Crippen LogP contribution in [0, 0.1) is 11.7 Å². The maximum atomic E-state index is 13.6. The highest BCUT2D eigenvalue weighted by Crippen LogP contribution is 2.30. The van der Waals surface area contributed by atoms with Crippen LogP contribution >= 0.6 is 11.6 Å². The molecule has 1 aromatic carbocycles. The zero-order valence-electron chi connectivity index (χ0n) is 8.96. The van der Waals surface area contributed by atoms with E-state index in [2.05, 4.69) is 0 Å². The van der Waals surface area contributed by atoms with Gasteiger partial charge >= 0.3 is 0 Å². The van der Waals surface area contributed by atoms with E-state index in [1.54, 1.807) is 6.07 Å². The molecule has 1 atom stereocenters. The van der Waals surface area contributed by atoms with Gasteiger partial charge in [-0.1, -0.05) is 11.6 Å². The Kier molecular flexibility index (Phi) is 3.79. The van der Waals surface area contributed by atoms with E-state index in [1.807, 2.05) is 0 Å². The number of hydrogen-bond donors (Lipinski definition) is 1. The molecule has 0 bridgehead atoms.